The smallest absolute Gasteiger partial charge is 0.0991 e. The Hall–Kier alpha value is -2.15. The molecule has 3 heteroatoms. The summed E-state index contributed by atoms with van der Waals surface area (Å²) in [5.74, 6) is 0. The Bertz CT molecular complexity index is 610. The zero-order chi connectivity index (χ0) is 14.5. The molecule has 0 aromatic heterocycles. The van der Waals surface area contributed by atoms with E-state index >= 15 is 0 Å². The van der Waals surface area contributed by atoms with Gasteiger partial charge < -0.3 is 4.74 Å². The Labute approximate surface area is 125 Å². The lowest BCUT2D eigenvalue weighted by molar-refractivity contribution is 0.0239. The highest BCUT2D eigenvalue weighted by Gasteiger charge is 2.23. The molecule has 0 bridgehead atoms. The fourth-order valence-corrected chi connectivity index (χ4v) is 2.83. The molecule has 21 heavy (non-hydrogen) atoms. The normalized spacial score (nSPS) is 17.1. The van der Waals surface area contributed by atoms with Crippen LogP contribution in [0.5, 0.6) is 0 Å². The molecule has 0 radical (unpaired) electrons. The molecule has 0 N–H and O–H groups in total. The van der Waals surface area contributed by atoms with Crippen molar-refractivity contribution < 1.29 is 4.74 Å². The van der Waals surface area contributed by atoms with Gasteiger partial charge in [0.2, 0.25) is 0 Å². The first-order valence-electron chi connectivity index (χ1n) is 7.25. The van der Waals surface area contributed by atoms with Gasteiger partial charge in [0.15, 0.2) is 0 Å². The summed E-state index contributed by atoms with van der Waals surface area (Å²) in [6.45, 7) is 3.42. The van der Waals surface area contributed by atoms with Crippen molar-refractivity contribution in [2.45, 2.75) is 6.04 Å². The van der Waals surface area contributed by atoms with Gasteiger partial charge in [-0.2, -0.15) is 5.26 Å². The molecule has 0 saturated carbocycles. The SMILES string of the molecule is N#Cc1ccc([C@H](c2ccccc2)N2CCOCC2)cc1. The quantitative estimate of drug-likeness (QED) is 0.866. The molecular weight excluding hydrogens is 260 g/mol. The van der Waals surface area contributed by atoms with Gasteiger partial charge in [0.1, 0.15) is 0 Å². The lowest BCUT2D eigenvalue weighted by atomic mass is 9.96. The third-order valence-corrected chi connectivity index (χ3v) is 3.88. The minimum atomic E-state index is 0.225. The molecule has 0 spiro atoms. The summed E-state index contributed by atoms with van der Waals surface area (Å²) in [6.07, 6.45) is 0. The van der Waals surface area contributed by atoms with Gasteiger partial charge in [-0.05, 0) is 23.3 Å². The second-order valence-electron chi connectivity index (χ2n) is 5.20. The zero-order valence-electron chi connectivity index (χ0n) is 11.9. The molecule has 1 aliphatic rings. The van der Waals surface area contributed by atoms with Crippen LogP contribution in [0.25, 0.3) is 0 Å². The molecular formula is C18H18N2O. The Morgan fingerprint density at radius 2 is 1.52 bits per heavy atom. The fraction of sp³-hybridized carbons (Fsp3) is 0.278. The second-order valence-corrected chi connectivity index (χ2v) is 5.20. The van der Waals surface area contributed by atoms with Crippen LogP contribution < -0.4 is 0 Å². The third kappa shape index (κ3) is 3.13. The molecule has 106 valence electrons. The van der Waals surface area contributed by atoms with E-state index in [0.717, 1.165) is 26.3 Å². The van der Waals surface area contributed by atoms with Gasteiger partial charge in [0.05, 0.1) is 30.9 Å². The molecule has 3 rings (SSSR count). The molecule has 1 aliphatic heterocycles. The average molecular weight is 278 g/mol. The van der Waals surface area contributed by atoms with E-state index in [9.17, 15) is 0 Å². The number of benzene rings is 2. The first-order chi connectivity index (χ1) is 10.4. The molecule has 3 nitrogen and oxygen atoms in total. The number of ether oxygens (including phenoxy) is 1. The average Bonchev–Trinajstić information content (AvgIpc) is 2.58. The van der Waals surface area contributed by atoms with Crippen LogP contribution in [-0.4, -0.2) is 31.2 Å². The molecule has 0 aliphatic carbocycles. The van der Waals surface area contributed by atoms with Crippen molar-refractivity contribution in [2.24, 2.45) is 0 Å². The molecule has 0 unspecified atom stereocenters. The van der Waals surface area contributed by atoms with Crippen LogP contribution in [0, 0.1) is 11.3 Å². The molecule has 2 aromatic carbocycles. The second kappa shape index (κ2) is 6.53. The van der Waals surface area contributed by atoms with E-state index in [1.54, 1.807) is 0 Å². The van der Waals surface area contributed by atoms with Gasteiger partial charge in [-0.15, -0.1) is 0 Å². The molecule has 0 amide bonds. The van der Waals surface area contributed by atoms with Gasteiger partial charge in [0, 0.05) is 13.1 Å². The Kier molecular flexibility index (Phi) is 4.30. The van der Waals surface area contributed by atoms with Crippen LogP contribution in [0.4, 0.5) is 0 Å². The molecule has 1 heterocycles. The van der Waals surface area contributed by atoms with Crippen LogP contribution >= 0.6 is 0 Å². The van der Waals surface area contributed by atoms with Crippen molar-refractivity contribution in [3.63, 3.8) is 0 Å². The standard InChI is InChI=1S/C18H18N2O/c19-14-15-6-8-17(9-7-15)18(16-4-2-1-3-5-16)20-10-12-21-13-11-20/h1-9,18H,10-13H2/t18-/m0/s1. The van der Waals surface area contributed by atoms with Crippen LogP contribution in [0.2, 0.25) is 0 Å². The summed E-state index contributed by atoms with van der Waals surface area (Å²) in [5.41, 5.74) is 3.21. The number of nitriles is 1. The fourth-order valence-electron chi connectivity index (χ4n) is 2.83. The van der Waals surface area contributed by atoms with Crippen LogP contribution in [0.3, 0.4) is 0 Å². The Morgan fingerprint density at radius 3 is 2.14 bits per heavy atom. The van der Waals surface area contributed by atoms with Gasteiger partial charge >= 0.3 is 0 Å². The summed E-state index contributed by atoms with van der Waals surface area (Å²) in [6, 6.07) is 20.8. The van der Waals surface area contributed by atoms with E-state index in [1.165, 1.54) is 11.1 Å². The highest BCUT2D eigenvalue weighted by molar-refractivity contribution is 5.37. The number of nitrogens with zero attached hydrogens (tertiary/aromatic N) is 2. The maximum absolute atomic E-state index is 8.96. The maximum Gasteiger partial charge on any atom is 0.0991 e. The van der Waals surface area contributed by atoms with Crippen LogP contribution in [0.1, 0.15) is 22.7 Å². The minimum Gasteiger partial charge on any atom is -0.379 e. The Balaban J connectivity index is 1.96. The van der Waals surface area contributed by atoms with Crippen molar-refractivity contribution in [3.05, 3.63) is 71.3 Å². The number of morpholine rings is 1. The summed E-state index contributed by atoms with van der Waals surface area (Å²) < 4.78 is 5.47. The maximum atomic E-state index is 8.96. The lowest BCUT2D eigenvalue weighted by Gasteiger charge is -2.35. The van der Waals surface area contributed by atoms with Crippen molar-refractivity contribution in [1.29, 1.82) is 5.26 Å². The first-order valence-corrected chi connectivity index (χ1v) is 7.25. The first kappa shape index (κ1) is 13.8. The summed E-state index contributed by atoms with van der Waals surface area (Å²) in [4.78, 5) is 2.44. The lowest BCUT2D eigenvalue weighted by Crippen LogP contribution is -2.39. The monoisotopic (exact) mass is 278 g/mol. The highest BCUT2D eigenvalue weighted by atomic mass is 16.5. The topological polar surface area (TPSA) is 36.3 Å². The predicted molar refractivity (Wildman–Crippen MR) is 81.8 cm³/mol. The zero-order valence-corrected chi connectivity index (χ0v) is 11.9. The van der Waals surface area contributed by atoms with E-state index in [2.05, 4.69) is 47.4 Å². The van der Waals surface area contributed by atoms with Crippen molar-refractivity contribution in [3.8, 4) is 6.07 Å². The number of hydrogen-bond donors (Lipinski definition) is 0. The van der Waals surface area contributed by atoms with E-state index < -0.39 is 0 Å². The van der Waals surface area contributed by atoms with Crippen molar-refractivity contribution in [1.82, 2.24) is 4.90 Å². The van der Waals surface area contributed by atoms with Crippen molar-refractivity contribution >= 4 is 0 Å². The van der Waals surface area contributed by atoms with Gasteiger partial charge in [-0.3, -0.25) is 4.90 Å². The summed E-state index contributed by atoms with van der Waals surface area (Å²) in [7, 11) is 0. The van der Waals surface area contributed by atoms with Gasteiger partial charge in [-0.25, -0.2) is 0 Å². The number of hydrogen-bond acceptors (Lipinski definition) is 3. The molecule has 1 fully saturated rings. The third-order valence-electron chi connectivity index (χ3n) is 3.88. The van der Waals surface area contributed by atoms with E-state index in [0.29, 0.717) is 5.56 Å². The van der Waals surface area contributed by atoms with Crippen LogP contribution in [0.15, 0.2) is 54.6 Å². The van der Waals surface area contributed by atoms with Gasteiger partial charge in [0.25, 0.3) is 0 Å². The number of rotatable bonds is 3. The Morgan fingerprint density at radius 1 is 0.905 bits per heavy atom. The predicted octanol–water partition coefficient (Wildman–Crippen LogP) is 2.98. The summed E-state index contributed by atoms with van der Waals surface area (Å²) in [5, 5.41) is 8.96. The minimum absolute atomic E-state index is 0.225. The highest BCUT2D eigenvalue weighted by Crippen LogP contribution is 2.29. The van der Waals surface area contributed by atoms with Crippen LogP contribution in [-0.2, 0) is 4.74 Å². The molecule has 2 aromatic rings. The van der Waals surface area contributed by atoms with E-state index in [1.807, 2.05) is 18.2 Å². The van der Waals surface area contributed by atoms with E-state index in [4.69, 9.17) is 10.00 Å². The summed E-state index contributed by atoms with van der Waals surface area (Å²) >= 11 is 0. The van der Waals surface area contributed by atoms with E-state index in [-0.39, 0.29) is 6.04 Å². The van der Waals surface area contributed by atoms with Crippen molar-refractivity contribution in [2.75, 3.05) is 26.3 Å². The largest absolute Gasteiger partial charge is 0.379 e. The van der Waals surface area contributed by atoms with Gasteiger partial charge in [-0.1, -0.05) is 42.5 Å². The molecule has 1 atom stereocenters. The molecule has 1 saturated heterocycles.